The Hall–Kier alpha value is -3.29. The van der Waals surface area contributed by atoms with Crippen LogP contribution in [0.15, 0.2) is 18.2 Å². The Balaban J connectivity index is 0.000000563. The number of carboxylic acids is 3. The molecule has 7 heteroatoms. The molecular weight excluding hydrogens is 562 g/mol. The molecule has 0 radical (unpaired) electrons. The number of carbonyl (C=O) groups excluding carboxylic acids is 3. The van der Waals surface area contributed by atoms with Crippen molar-refractivity contribution in [2.24, 2.45) is 0 Å². The topological polar surface area (TPSA) is 120 Å². The molecule has 0 saturated heterocycles. The van der Waals surface area contributed by atoms with Crippen molar-refractivity contribution < 1.29 is 29.7 Å². The molecule has 40 heavy (non-hydrogen) atoms. The molecule has 6 nitrogen and oxygen atoms in total. The van der Waals surface area contributed by atoms with Gasteiger partial charge in [-0.2, -0.15) is 0 Å². The largest absolute Gasteiger partial charge is 3.00 e. The number of hydrogen-bond donors (Lipinski definition) is 0. The van der Waals surface area contributed by atoms with Crippen molar-refractivity contribution in [3.05, 3.63) is 102 Å². The van der Waals surface area contributed by atoms with E-state index in [9.17, 15) is 29.7 Å². The summed E-state index contributed by atoms with van der Waals surface area (Å²) in [6.07, 6.45) is 0. The molecule has 3 aromatic rings. The summed E-state index contributed by atoms with van der Waals surface area (Å²) in [5.41, 5.74) is 12.9. The van der Waals surface area contributed by atoms with Gasteiger partial charge in [0.1, 0.15) is 0 Å². The Labute approximate surface area is 251 Å². The zero-order valence-corrected chi connectivity index (χ0v) is 28.2. The van der Waals surface area contributed by atoms with Gasteiger partial charge < -0.3 is 29.7 Å². The summed E-state index contributed by atoms with van der Waals surface area (Å²) >= 11 is 0. The fourth-order valence-electron chi connectivity index (χ4n) is 4.27. The second-order valence-electron chi connectivity index (χ2n) is 10.2. The molecule has 0 amide bonds. The number of carbonyl (C=O) groups is 3. The quantitative estimate of drug-likeness (QED) is 0.424. The smallest absolute Gasteiger partial charge is 0.545 e. The van der Waals surface area contributed by atoms with Crippen molar-refractivity contribution in [3.8, 4) is 0 Å². The Morgan fingerprint density at radius 1 is 0.375 bits per heavy atom. The molecule has 0 fully saturated rings. The van der Waals surface area contributed by atoms with E-state index in [2.05, 4.69) is 0 Å². The molecule has 0 spiro atoms. The van der Waals surface area contributed by atoms with E-state index in [0.717, 1.165) is 66.8 Å². The number of benzene rings is 3. The zero-order chi connectivity index (χ0) is 30.5. The monoisotopic (exact) mass is 600 g/mol. The fraction of sp³-hybridized carbons (Fsp3) is 0.364. The van der Waals surface area contributed by atoms with E-state index in [0.29, 0.717) is 16.7 Å². The minimum Gasteiger partial charge on any atom is -0.545 e. The molecule has 0 bridgehead atoms. The SMILES string of the molecule is Cc1cc(C(=O)[O-])c(C)c(C)c1C.Cc1cc(C(=O)[O-])c(C)c(C)c1C.Cc1cc(C(=O)[O-])c(C)c(C)c1C.[Ga+3]. The average Bonchev–Trinajstić information content (AvgIpc) is 2.86. The summed E-state index contributed by atoms with van der Waals surface area (Å²) in [7, 11) is 0. The van der Waals surface area contributed by atoms with Gasteiger partial charge in [-0.25, -0.2) is 0 Å². The van der Waals surface area contributed by atoms with Crippen LogP contribution in [-0.4, -0.2) is 37.7 Å². The van der Waals surface area contributed by atoms with E-state index < -0.39 is 17.9 Å². The van der Waals surface area contributed by atoms with E-state index in [-0.39, 0.29) is 19.8 Å². The summed E-state index contributed by atoms with van der Waals surface area (Å²) in [6, 6.07) is 5.02. The van der Waals surface area contributed by atoms with Crippen LogP contribution >= 0.6 is 0 Å². The van der Waals surface area contributed by atoms with E-state index in [1.54, 1.807) is 18.2 Å². The number of hydrogen-bond acceptors (Lipinski definition) is 6. The molecule has 0 aliphatic carbocycles. The Kier molecular flexibility index (Phi) is 13.7. The van der Waals surface area contributed by atoms with Crippen LogP contribution in [-0.2, 0) is 0 Å². The standard InChI is InChI=1S/3C11H14O2.Ga/c3*1-6-5-10(11(12)13)9(4)8(3)7(6)2;/h3*5H,1-4H3,(H,12,13);/q;;;+3/p-3. The van der Waals surface area contributed by atoms with E-state index in [4.69, 9.17) is 0 Å². The minimum atomic E-state index is -1.09. The first kappa shape index (κ1) is 36.7. The maximum Gasteiger partial charge on any atom is 3.00 e. The third kappa shape index (κ3) is 8.35. The first-order valence-electron chi connectivity index (χ1n) is 12.7. The molecule has 0 atom stereocenters. The first-order valence-corrected chi connectivity index (χ1v) is 12.7. The van der Waals surface area contributed by atoms with Gasteiger partial charge in [0.15, 0.2) is 0 Å². The molecule has 0 N–H and O–H groups in total. The van der Waals surface area contributed by atoms with Gasteiger partial charge in [0, 0.05) is 16.7 Å². The number of rotatable bonds is 3. The van der Waals surface area contributed by atoms with Gasteiger partial charge in [0.25, 0.3) is 0 Å². The molecule has 3 aromatic carbocycles. The molecular formula is C33H39GaO6. The van der Waals surface area contributed by atoms with Gasteiger partial charge in [-0.3, -0.25) is 0 Å². The second kappa shape index (κ2) is 14.9. The van der Waals surface area contributed by atoms with E-state index in [1.807, 2.05) is 83.1 Å². The van der Waals surface area contributed by atoms with Crippen LogP contribution in [0, 0.1) is 83.1 Å². The molecule has 0 unspecified atom stereocenters. The minimum absolute atomic E-state index is 0. The van der Waals surface area contributed by atoms with Crippen LogP contribution in [0.25, 0.3) is 0 Å². The van der Waals surface area contributed by atoms with Gasteiger partial charge in [0.05, 0.1) is 17.9 Å². The van der Waals surface area contributed by atoms with Crippen LogP contribution in [0.1, 0.15) is 97.8 Å². The number of aryl methyl sites for hydroxylation is 3. The number of carboxylic acid groups (broad SMARTS) is 3. The molecule has 3 rings (SSSR count). The van der Waals surface area contributed by atoms with Gasteiger partial charge >= 0.3 is 19.8 Å². The summed E-state index contributed by atoms with van der Waals surface area (Å²) in [6.45, 7) is 23.0. The summed E-state index contributed by atoms with van der Waals surface area (Å²) < 4.78 is 0. The van der Waals surface area contributed by atoms with Crippen molar-refractivity contribution in [3.63, 3.8) is 0 Å². The van der Waals surface area contributed by atoms with Crippen LogP contribution < -0.4 is 15.3 Å². The molecule has 0 aromatic heterocycles. The maximum atomic E-state index is 10.7. The van der Waals surface area contributed by atoms with Crippen LogP contribution in [0.3, 0.4) is 0 Å². The fourth-order valence-corrected chi connectivity index (χ4v) is 4.27. The molecule has 0 saturated carbocycles. The maximum absolute atomic E-state index is 10.7. The summed E-state index contributed by atoms with van der Waals surface area (Å²) in [4.78, 5) is 32.2. The molecule has 0 heterocycles. The van der Waals surface area contributed by atoms with Gasteiger partial charge in [-0.05, 0) is 168 Å². The van der Waals surface area contributed by atoms with Crippen molar-refractivity contribution in [1.29, 1.82) is 0 Å². The van der Waals surface area contributed by atoms with Crippen LogP contribution in [0.2, 0.25) is 0 Å². The van der Waals surface area contributed by atoms with Gasteiger partial charge in [-0.15, -0.1) is 0 Å². The molecule has 210 valence electrons. The number of aromatic carboxylic acids is 3. The normalized spacial score (nSPS) is 9.90. The third-order valence-electron chi connectivity index (χ3n) is 8.10. The van der Waals surface area contributed by atoms with E-state index >= 15 is 0 Å². The van der Waals surface area contributed by atoms with Crippen molar-refractivity contribution in [2.75, 3.05) is 0 Å². The first-order chi connectivity index (χ1) is 17.8. The van der Waals surface area contributed by atoms with Crippen molar-refractivity contribution in [2.45, 2.75) is 83.1 Å². The molecule has 0 aliphatic heterocycles. The average molecular weight is 601 g/mol. The van der Waals surface area contributed by atoms with E-state index in [1.165, 1.54) is 0 Å². The van der Waals surface area contributed by atoms with Crippen LogP contribution in [0.4, 0.5) is 0 Å². The zero-order valence-electron chi connectivity index (χ0n) is 25.8. The Morgan fingerprint density at radius 2 is 0.550 bits per heavy atom. The van der Waals surface area contributed by atoms with Crippen molar-refractivity contribution in [1.82, 2.24) is 0 Å². The Bertz CT molecular complexity index is 1280. The molecule has 0 aliphatic rings. The summed E-state index contributed by atoms with van der Waals surface area (Å²) in [5, 5.41) is 32.2. The third-order valence-corrected chi connectivity index (χ3v) is 8.10. The van der Waals surface area contributed by atoms with Gasteiger partial charge in [0.2, 0.25) is 0 Å². The Morgan fingerprint density at radius 3 is 0.700 bits per heavy atom. The van der Waals surface area contributed by atoms with Gasteiger partial charge in [-0.1, -0.05) is 0 Å². The predicted molar refractivity (Wildman–Crippen MR) is 155 cm³/mol. The second-order valence-corrected chi connectivity index (χ2v) is 10.2. The predicted octanol–water partition coefficient (Wildman–Crippen LogP) is 3.47. The van der Waals surface area contributed by atoms with Crippen molar-refractivity contribution >= 4 is 37.7 Å². The van der Waals surface area contributed by atoms with Crippen LogP contribution in [0.5, 0.6) is 0 Å². The summed E-state index contributed by atoms with van der Waals surface area (Å²) in [5.74, 6) is -3.28.